The largest absolute Gasteiger partial charge is 0.389 e. The summed E-state index contributed by atoms with van der Waals surface area (Å²) in [7, 11) is 0. The van der Waals surface area contributed by atoms with Crippen LogP contribution in [-0.4, -0.2) is 16.0 Å². The van der Waals surface area contributed by atoms with Crippen LogP contribution >= 0.6 is 11.3 Å². The smallest absolute Gasteiger partial charge is 0.275 e. The summed E-state index contributed by atoms with van der Waals surface area (Å²) in [5.41, 5.74) is 2.64. The number of hydrogen-bond donors (Lipinski definition) is 2. The zero-order chi connectivity index (χ0) is 16.2. The van der Waals surface area contributed by atoms with Crippen LogP contribution in [0.2, 0.25) is 0 Å². The second-order valence-electron chi connectivity index (χ2n) is 5.12. The number of aliphatic hydroxyl groups excluding tert-OH is 1. The van der Waals surface area contributed by atoms with E-state index in [1.54, 1.807) is 24.4 Å². The molecule has 3 aromatic rings. The summed E-state index contributed by atoms with van der Waals surface area (Å²) in [6.45, 7) is 1.67. The minimum Gasteiger partial charge on any atom is -0.389 e. The number of benzene rings is 2. The zero-order valence-electron chi connectivity index (χ0n) is 12.6. The zero-order valence-corrected chi connectivity index (χ0v) is 13.4. The molecule has 0 spiro atoms. The van der Waals surface area contributed by atoms with E-state index in [1.807, 2.05) is 42.5 Å². The van der Waals surface area contributed by atoms with Crippen LogP contribution in [0.1, 0.15) is 29.1 Å². The fourth-order valence-electron chi connectivity index (χ4n) is 2.25. The monoisotopic (exact) mass is 324 g/mol. The summed E-state index contributed by atoms with van der Waals surface area (Å²) >= 11 is 1.43. The molecule has 2 aromatic carbocycles. The quantitative estimate of drug-likeness (QED) is 0.759. The van der Waals surface area contributed by atoms with Crippen molar-refractivity contribution in [3.63, 3.8) is 0 Å². The van der Waals surface area contributed by atoms with Crippen molar-refractivity contribution in [2.45, 2.75) is 13.0 Å². The third-order valence-electron chi connectivity index (χ3n) is 3.42. The minimum absolute atomic E-state index is 0.281. The Morgan fingerprint density at radius 2 is 1.83 bits per heavy atom. The molecule has 0 fully saturated rings. The van der Waals surface area contributed by atoms with E-state index in [4.69, 9.17) is 0 Å². The third-order valence-corrected chi connectivity index (χ3v) is 4.31. The lowest BCUT2D eigenvalue weighted by atomic mass is 10.1. The van der Waals surface area contributed by atoms with Gasteiger partial charge in [0.25, 0.3) is 5.91 Å². The first-order chi connectivity index (χ1) is 11.1. The van der Waals surface area contributed by atoms with Gasteiger partial charge >= 0.3 is 0 Å². The molecule has 1 amide bonds. The highest BCUT2D eigenvalue weighted by atomic mass is 32.1. The molecular weight excluding hydrogens is 308 g/mol. The molecule has 5 heteroatoms. The number of hydrogen-bond acceptors (Lipinski definition) is 4. The van der Waals surface area contributed by atoms with E-state index in [2.05, 4.69) is 10.3 Å². The van der Waals surface area contributed by atoms with Crippen LogP contribution in [0.4, 0.5) is 5.69 Å². The molecular formula is C18H16N2O2S. The second kappa shape index (κ2) is 6.73. The predicted molar refractivity (Wildman–Crippen MR) is 92.6 cm³/mol. The third kappa shape index (κ3) is 3.47. The van der Waals surface area contributed by atoms with Crippen molar-refractivity contribution in [1.29, 1.82) is 0 Å². The topological polar surface area (TPSA) is 62.2 Å². The molecule has 1 atom stereocenters. The number of aliphatic hydroxyl groups is 1. The van der Waals surface area contributed by atoms with Crippen LogP contribution in [0.5, 0.6) is 0 Å². The average Bonchev–Trinajstić information content (AvgIpc) is 3.06. The maximum Gasteiger partial charge on any atom is 0.275 e. The van der Waals surface area contributed by atoms with Gasteiger partial charge < -0.3 is 10.4 Å². The Kier molecular flexibility index (Phi) is 4.50. The molecule has 23 heavy (non-hydrogen) atoms. The van der Waals surface area contributed by atoms with Crippen molar-refractivity contribution in [1.82, 2.24) is 4.98 Å². The molecule has 0 saturated carbocycles. The lowest BCUT2D eigenvalue weighted by molar-refractivity contribution is 0.102. The van der Waals surface area contributed by atoms with Gasteiger partial charge in [0.2, 0.25) is 0 Å². The Balaban J connectivity index is 1.81. The van der Waals surface area contributed by atoms with Crippen LogP contribution < -0.4 is 5.32 Å². The molecule has 0 bridgehead atoms. The Morgan fingerprint density at radius 3 is 2.57 bits per heavy atom. The van der Waals surface area contributed by atoms with Gasteiger partial charge in [0.05, 0.1) is 6.10 Å². The molecule has 1 unspecified atom stereocenters. The summed E-state index contributed by atoms with van der Waals surface area (Å²) < 4.78 is 0. The van der Waals surface area contributed by atoms with E-state index in [1.165, 1.54) is 11.3 Å². The van der Waals surface area contributed by atoms with Crippen LogP contribution in [0.3, 0.4) is 0 Å². The lowest BCUT2D eigenvalue weighted by Crippen LogP contribution is -2.14. The van der Waals surface area contributed by atoms with Crippen LogP contribution in [0.25, 0.3) is 10.6 Å². The number of thiazole rings is 1. The van der Waals surface area contributed by atoms with E-state index in [-0.39, 0.29) is 5.91 Å². The van der Waals surface area contributed by atoms with Gasteiger partial charge in [0.15, 0.2) is 0 Å². The van der Waals surface area contributed by atoms with Gasteiger partial charge in [-0.25, -0.2) is 4.98 Å². The first-order valence-corrected chi connectivity index (χ1v) is 8.12. The predicted octanol–water partition coefficient (Wildman–Crippen LogP) is 4.12. The maximum absolute atomic E-state index is 12.4. The number of aromatic nitrogens is 1. The molecule has 0 aliphatic heterocycles. The van der Waals surface area contributed by atoms with E-state index in [0.29, 0.717) is 16.9 Å². The van der Waals surface area contributed by atoms with Gasteiger partial charge in [-0.1, -0.05) is 48.5 Å². The average molecular weight is 324 g/mol. The summed E-state index contributed by atoms with van der Waals surface area (Å²) in [4.78, 5) is 16.8. The Labute approximate surface area is 138 Å². The summed E-state index contributed by atoms with van der Waals surface area (Å²) in [6.07, 6.45) is -0.651. The SMILES string of the molecule is CC(O)c1ccccc1NC(=O)c1csc(-c2ccccc2)n1. The van der Waals surface area contributed by atoms with Gasteiger partial charge in [-0.15, -0.1) is 11.3 Å². The number of anilines is 1. The maximum atomic E-state index is 12.4. The molecule has 0 saturated heterocycles. The van der Waals surface area contributed by atoms with E-state index < -0.39 is 6.10 Å². The first kappa shape index (κ1) is 15.4. The number of carbonyl (C=O) groups excluding carboxylic acids is 1. The minimum atomic E-state index is -0.651. The van der Waals surface area contributed by atoms with Crippen molar-refractivity contribution in [2.24, 2.45) is 0 Å². The number of amides is 1. The van der Waals surface area contributed by atoms with Gasteiger partial charge in [0, 0.05) is 22.2 Å². The molecule has 116 valence electrons. The second-order valence-corrected chi connectivity index (χ2v) is 5.98. The Hall–Kier alpha value is -2.50. The van der Waals surface area contributed by atoms with E-state index >= 15 is 0 Å². The van der Waals surface area contributed by atoms with Crippen LogP contribution in [-0.2, 0) is 0 Å². The first-order valence-electron chi connectivity index (χ1n) is 7.24. The standard InChI is InChI=1S/C18H16N2O2S/c1-12(21)14-9-5-6-10-15(14)19-17(22)16-11-23-18(20-16)13-7-3-2-4-8-13/h2-12,21H,1H3,(H,19,22). The Bertz CT molecular complexity index is 813. The van der Waals surface area contributed by atoms with Gasteiger partial charge in [-0.2, -0.15) is 0 Å². The summed E-state index contributed by atoms with van der Waals surface area (Å²) in [5.74, 6) is -0.281. The molecule has 3 rings (SSSR count). The fraction of sp³-hybridized carbons (Fsp3) is 0.111. The van der Waals surface area contributed by atoms with Gasteiger partial charge in [-0.3, -0.25) is 4.79 Å². The number of rotatable bonds is 4. The lowest BCUT2D eigenvalue weighted by Gasteiger charge is -2.12. The number of carbonyl (C=O) groups is 1. The number of nitrogens with one attached hydrogen (secondary N) is 1. The van der Waals surface area contributed by atoms with Gasteiger partial charge in [0.1, 0.15) is 10.7 Å². The van der Waals surface area contributed by atoms with Crippen LogP contribution in [0, 0.1) is 0 Å². The van der Waals surface area contributed by atoms with E-state index in [0.717, 1.165) is 10.6 Å². The fourth-order valence-corrected chi connectivity index (χ4v) is 3.06. The number of nitrogens with zero attached hydrogens (tertiary/aromatic N) is 1. The number of para-hydroxylation sites is 1. The molecule has 2 N–H and O–H groups in total. The summed E-state index contributed by atoms with van der Waals surface area (Å²) in [5, 5.41) is 15.1. The Morgan fingerprint density at radius 1 is 1.13 bits per heavy atom. The van der Waals surface area contributed by atoms with Crippen molar-refractivity contribution < 1.29 is 9.90 Å². The highest BCUT2D eigenvalue weighted by molar-refractivity contribution is 7.13. The normalized spacial score (nSPS) is 11.9. The molecule has 4 nitrogen and oxygen atoms in total. The molecule has 1 aromatic heterocycles. The molecule has 1 heterocycles. The van der Waals surface area contributed by atoms with Crippen molar-refractivity contribution >= 4 is 22.9 Å². The molecule has 0 radical (unpaired) electrons. The highest BCUT2D eigenvalue weighted by Gasteiger charge is 2.14. The van der Waals surface area contributed by atoms with Crippen LogP contribution in [0.15, 0.2) is 60.0 Å². The van der Waals surface area contributed by atoms with Gasteiger partial charge in [-0.05, 0) is 13.0 Å². The highest BCUT2D eigenvalue weighted by Crippen LogP contribution is 2.25. The summed E-state index contributed by atoms with van der Waals surface area (Å²) in [6, 6.07) is 16.9. The van der Waals surface area contributed by atoms with Crippen molar-refractivity contribution in [2.75, 3.05) is 5.32 Å². The molecule has 0 aliphatic rings. The molecule has 0 aliphatic carbocycles. The van der Waals surface area contributed by atoms with Crippen molar-refractivity contribution in [3.05, 3.63) is 71.2 Å². The van der Waals surface area contributed by atoms with Crippen molar-refractivity contribution in [3.8, 4) is 10.6 Å². The van der Waals surface area contributed by atoms with E-state index in [9.17, 15) is 9.90 Å².